The van der Waals surface area contributed by atoms with E-state index in [0.717, 1.165) is 5.56 Å². The summed E-state index contributed by atoms with van der Waals surface area (Å²) in [6.07, 6.45) is 0.162. The predicted molar refractivity (Wildman–Crippen MR) is 108 cm³/mol. The highest BCUT2D eigenvalue weighted by Gasteiger charge is 2.25. The molecule has 1 heterocycles. The van der Waals surface area contributed by atoms with E-state index in [1.165, 1.54) is 7.11 Å². The first-order valence-corrected chi connectivity index (χ1v) is 9.17. The maximum Gasteiger partial charge on any atom is 0.258 e. The maximum absolute atomic E-state index is 12.5. The monoisotopic (exact) mass is 397 g/mol. The number of aliphatic imine (C=N–C) groups is 1. The minimum Gasteiger partial charge on any atom is -0.497 e. The zero-order chi connectivity index (χ0) is 20.8. The van der Waals surface area contributed by atoms with Crippen LogP contribution >= 0.6 is 0 Å². The van der Waals surface area contributed by atoms with Gasteiger partial charge >= 0.3 is 0 Å². The van der Waals surface area contributed by atoms with Crippen LogP contribution in [0.15, 0.2) is 47.5 Å². The van der Waals surface area contributed by atoms with Gasteiger partial charge in [-0.3, -0.25) is 20.2 Å². The van der Waals surface area contributed by atoms with E-state index in [-0.39, 0.29) is 18.3 Å². The molecule has 0 unspecified atom stereocenters. The van der Waals surface area contributed by atoms with Gasteiger partial charge in [0.25, 0.3) is 5.91 Å². The molecular weight excluding hydrogens is 374 g/mol. The van der Waals surface area contributed by atoms with Crippen LogP contribution in [-0.2, 0) is 4.79 Å². The summed E-state index contributed by atoms with van der Waals surface area (Å²) in [5, 5.41) is 5.24. The minimum absolute atomic E-state index is 0.104. The van der Waals surface area contributed by atoms with Crippen molar-refractivity contribution in [2.75, 3.05) is 20.8 Å². The summed E-state index contributed by atoms with van der Waals surface area (Å²) in [6, 6.07) is 11.7. The molecule has 8 heteroatoms. The largest absolute Gasteiger partial charge is 0.497 e. The van der Waals surface area contributed by atoms with Gasteiger partial charge in [-0.05, 0) is 42.8 Å². The van der Waals surface area contributed by atoms with Crippen molar-refractivity contribution in [1.82, 2.24) is 10.6 Å². The van der Waals surface area contributed by atoms with Gasteiger partial charge in [0, 0.05) is 5.56 Å². The zero-order valence-electron chi connectivity index (χ0n) is 16.5. The standard InChI is InChI=1S/C21H23N3O5/c1-4-29-17-9-8-13(11-18(17)28-3)16-12-19(25)23-21(22-16)24-20(26)14-6-5-7-15(10-14)27-2/h5-11,16H,4,12H2,1-3H3,(H2,22,23,24,25,26)/t16-/m0/s1. The average molecular weight is 397 g/mol. The van der Waals surface area contributed by atoms with Crippen LogP contribution in [-0.4, -0.2) is 38.6 Å². The maximum atomic E-state index is 12.5. The Morgan fingerprint density at radius 1 is 1.17 bits per heavy atom. The summed E-state index contributed by atoms with van der Waals surface area (Å²) in [7, 11) is 3.08. The van der Waals surface area contributed by atoms with Crippen molar-refractivity contribution in [1.29, 1.82) is 0 Å². The van der Waals surface area contributed by atoms with Crippen LogP contribution in [0.4, 0.5) is 0 Å². The molecule has 152 valence electrons. The van der Waals surface area contributed by atoms with Crippen molar-refractivity contribution in [2.24, 2.45) is 4.99 Å². The number of carbonyl (C=O) groups excluding carboxylic acids is 2. The van der Waals surface area contributed by atoms with E-state index in [1.54, 1.807) is 43.5 Å². The molecule has 0 saturated carbocycles. The number of carbonyl (C=O) groups is 2. The topological polar surface area (TPSA) is 98.3 Å². The van der Waals surface area contributed by atoms with Crippen molar-refractivity contribution in [3.8, 4) is 17.2 Å². The van der Waals surface area contributed by atoms with Crippen molar-refractivity contribution >= 4 is 17.8 Å². The van der Waals surface area contributed by atoms with Gasteiger partial charge in [0.1, 0.15) is 5.75 Å². The lowest BCUT2D eigenvalue weighted by Crippen LogP contribution is -2.47. The zero-order valence-corrected chi connectivity index (χ0v) is 16.5. The quantitative estimate of drug-likeness (QED) is 0.780. The number of ether oxygens (including phenoxy) is 3. The van der Waals surface area contributed by atoms with Crippen LogP contribution in [0, 0.1) is 0 Å². The molecule has 2 aromatic carbocycles. The molecule has 2 aromatic rings. The smallest absolute Gasteiger partial charge is 0.258 e. The normalized spacial score (nSPS) is 15.8. The summed E-state index contributed by atoms with van der Waals surface area (Å²) in [4.78, 5) is 29.2. The highest BCUT2D eigenvalue weighted by molar-refractivity contribution is 6.10. The Hall–Kier alpha value is -3.55. The lowest BCUT2D eigenvalue weighted by Gasteiger charge is -2.22. The highest BCUT2D eigenvalue weighted by atomic mass is 16.5. The number of hydrogen-bond acceptors (Lipinski definition) is 6. The van der Waals surface area contributed by atoms with Crippen molar-refractivity contribution < 1.29 is 23.8 Å². The van der Waals surface area contributed by atoms with Crippen LogP contribution < -0.4 is 24.8 Å². The Labute approximate surface area is 168 Å². The first-order chi connectivity index (χ1) is 14.0. The van der Waals surface area contributed by atoms with Gasteiger partial charge in [0.05, 0.1) is 33.3 Å². The number of hydrogen-bond donors (Lipinski definition) is 2. The second-order valence-electron chi connectivity index (χ2n) is 6.28. The number of nitrogens with one attached hydrogen (secondary N) is 2. The van der Waals surface area contributed by atoms with E-state index in [2.05, 4.69) is 15.6 Å². The molecule has 1 aliphatic rings. The summed E-state index contributed by atoms with van der Waals surface area (Å²) in [5.41, 5.74) is 1.18. The first kappa shape index (κ1) is 20.2. The van der Waals surface area contributed by atoms with Crippen LogP contribution in [0.2, 0.25) is 0 Å². The minimum atomic E-state index is -0.450. The van der Waals surface area contributed by atoms with Crippen molar-refractivity contribution in [3.63, 3.8) is 0 Å². The molecule has 1 atom stereocenters. The Kier molecular flexibility index (Phi) is 6.33. The van der Waals surface area contributed by atoms with E-state index in [1.807, 2.05) is 13.0 Å². The number of guanidine groups is 1. The predicted octanol–water partition coefficient (Wildman–Crippen LogP) is 2.45. The lowest BCUT2D eigenvalue weighted by molar-refractivity contribution is -0.120. The fourth-order valence-electron chi connectivity index (χ4n) is 2.96. The Bertz CT molecular complexity index is 942. The first-order valence-electron chi connectivity index (χ1n) is 9.17. The summed E-state index contributed by atoms with van der Waals surface area (Å²) in [6.45, 7) is 2.40. The number of amides is 2. The van der Waals surface area contributed by atoms with E-state index < -0.39 is 11.9 Å². The molecular formula is C21H23N3O5. The van der Waals surface area contributed by atoms with Gasteiger partial charge in [0.15, 0.2) is 11.5 Å². The molecule has 29 heavy (non-hydrogen) atoms. The highest BCUT2D eigenvalue weighted by Crippen LogP contribution is 2.33. The molecule has 0 spiro atoms. The third kappa shape index (κ3) is 4.84. The molecule has 0 fully saturated rings. The number of methoxy groups -OCH3 is 2. The van der Waals surface area contributed by atoms with E-state index in [4.69, 9.17) is 14.2 Å². The van der Waals surface area contributed by atoms with Gasteiger partial charge < -0.3 is 14.2 Å². The van der Waals surface area contributed by atoms with E-state index in [0.29, 0.717) is 29.4 Å². The molecule has 0 aromatic heterocycles. The molecule has 1 aliphatic heterocycles. The van der Waals surface area contributed by atoms with Crippen molar-refractivity contribution in [3.05, 3.63) is 53.6 Å². The van der Waals surface area contributed by atoms with E-state index >= 15 is 0 Å². The second-order valence-corrected chi connectivity index (χ2v) is 6.28. The Morgan fingerprint density at radius 3 is 2.72 bits per heavy atom. The van der Waals surface area contributed by atoms with Crippen LogP contribution in [0.3, 0.4) is 0 Å². The molecule has 0 saturated heterocycles. The molecule has 3 rings (SSSR count). The molecule has 0 bridgehead atoms. The van der Waals surface area contributed by atoms with Crippen LogP contribution in [0.25, 0.3) is 0 Å². The molecule has 2 N–H and O–H groups in total. The Morgan fingerprint density at radius 2 is 2.00 bits per heavy atom. The van der Waals surface area contributed by atoms with Gasteiger partial charge in [-0.1, -0.05) is 12.1 Å². The van der Waals surface area contributed by atoms with Crippen LogP contribution in [0.1, 0.15) is 35.3 Å². The summed E-state index contributed by atoms with van der Waals surface area (Å²) < 4.78 is 16.0. The third-order valence-corrected chi connectivity index (χ3v) is 4.36. The Balaban J connectivity index is 1.82. The summed E-state index contributed by atoms with van der Waals surface area (Å²) >= 11 is 0. The number of benzene rings is 2. The van der Waals surface area contributed by atoms with Gasteiger partial charge in [-0.15, -0.1) is 0 Å². The molecule has 2 amide bonds. The van der Waals surface area contributed by atoms with Crippen molar-refractivity contribution in [2.45, 2.75) is 19.4 Å². The number of nitrogens with zero attached hydrogens (tertiary/aromatic N) is 1. The fraction of sp³-hybridized carbons (Fsp3) is 0.286. The molecule has 8 nitrogen and oxygen atoms in total. The molecule has 0 aliphatic carbocycles. The fourth-order valence-corrected chi connectivity index (χ4v) is 2.96. The van der Waals surface area contributed by atoms with Crippen LogP contribution in [0.5, 0.6) is 17.2 Å². The van der Waals surface area contributed by atoms with E-state index in [9.17, 15) is 9.59 Å². The SMILES string of the molecule is CCOc1ccc([C@@H]2CC(=O)NC(NC(=O)c3cccc(OC)c3)=N2)cc1OC. The van der Waals surface area contributed by atoms with Gasteiger partial charge in [-0.25, -0.2) is 4.99 Å². The summed E-state index contributed by atoms with van der Waals surface area (Å²) in [5.74, 6) is 1.22. The second kappa shape index (κ2) is 9.09. The number of rotatable bonds is 6. The third-order valence-electron chi connectivity index (χ3n) is 4.36. The van der Waals surface area contributed by atoms with Gasteiger partial charge in [0.2, 0.25) is 11.9 Å². The van der Waals surface area contributed by atoms with Gasteiger partial charge in [-0.2, -0.15) is 0 Å². The lowest BCUT2D eigenvalue weighted by atomic mass is 10.0. The molecule has 0 radical (unpaired) electrons. The average Bonchev–Trinajstić information content (AvgIpc) is 2.73.